The molecule has 0 fully saturated rings. The van der Waals surface area contributed by atoms with Gasteiger partial charge in [-0.3, -0.25) is 4.57 Å². The van der Waals surface area contributed by atoms with Gasteiger partial charge in [-0.1, -0.05) is 135 Å². The molecule has 12 aromatic rings. The average molecular weight is 1000 g/mol. The number of ether oxygens (including phenoxy) is 1. The molecule has 8 aromatic carbocycles. The number of imidazole rings is 1. The van der Waals surface area contributed by atoms with Gasteiger partial charge >= 0.3 is 0 Å². The Morgan fingerprint density at radius 3 is 1.94 bits per heavy atom. The SMILES string of the molecule is CC1(C)c2ccccc2-c2cnc(-n3c4[c-]c(Oc5[c-]c(-n6[c-][n+](-c7ccccc7-n7c8ccccc8c8ccccc87)c7ccccc76)ccc5)ccc4c4ccccc43)cc21.[Pt]. The third kappa shape index (κ3) is 5.62. The van der Waals surface area contributed by atoms with Crippen molar-refractivity contribution in [1.29, 1.82) is 0 Å². The summed E-state index contributed by atoms with van der Waals surface area (Å²) in [7, 11) is 0. The molecule has 0 bridgehead atoms. The van der Waals surface area contributed by atoms with Crippen LogP contribution >= 0.6 is 0 Å². The molecule has 0 unspecified atom stereocenters. The molecule has 0 amide bonds. The van der Waals surface area contributed by atoms with Crippen LogP contribution in [0.5, 0.6) is 11.5 Å². The summed E-state index contributed by atoms with van der Waals surface area (Å²) < 4.78 is 15.5. The summed E-state index contributed by atoms with van der Waals surface area (Å²) in [6.07, 6.45) is 5.76. The molecule has 0 saturated carbocycles. The summed E-state index contributed by atoms with van der Waals surface area (Å²) >= 11 is 0. The largest absolute Gasteiger partial charge is 0.510 e. The summed E-state index contributed by atoms with van der Waals surface area (Å²) in [5, 5.41) is 4.66. The molecule has 7 heteroatoms. The Bertz CT molecular complexity index is 3780. The van der Waals surface area contributed by atoms with E-state index in [4.69, 9.17) is 9.72 Å². The summed E-state index contributed by atoms with van der Waals surface area (Å²) in [5.41, 5.74) is 14.0. The fourth-order valence-corrected chi connectivity index (χ4v) is 10.1. The second kappa shape index (κ2) is 14.5. The third-order valence-electron chi connectivity index (χ3n) is 13.0. The number of para-hydroxylation sites is 7. The minimum absolute atomic E-state index is 0. The fourth-order valence-electron chi connectivity index (χ4n) is 10.1. The van der Waals surface area contributed by atoms with Gasteiger partial charge in [0.2, 0.25) is 0 Å². The van der Waals surface area contributed by atoms with Crippen LogP contribution in [0.3, 0.4) is 0 Å². The van der Waals surface area contributed by atoms with Crippen LogP contribution in [0, 0.1) is 18.5 Å². The summed E-state index contributed by atoms with van der Waals surface area (Å²) in [6, 6.07) is 70.9. The first-order valence-electron chi connectivity index (χ1n) is 21.3. The molecule has 0 aliphatic heterocycles. The number of nitrogens with zero attached hydrogens (tertiary/aromatic N) is 5. The molecule has 4 aromatic heterocycles. The van der Waals surface area contributed by atoms with Crippen molar-refractivity contribution in [3.05, 3.63) is 218 Å². The Hall–Kier alpha value is -7.53. The van der Waals surface area contributed by atoms with Gasteiger partial charge in [-0.15, -0.1) is 29.7 Å². The van der Waals surface area contributed by atoms with E-state index in [-0.39, 0.29) is 26.5 Å². The molecule has 6 nitrogen and oxygen atoms in total. The number of aromatic nitrogens is 5. The maximum absolute atomic E-state index is 6.66. The minimum atomic E-state index is -0.154. The standard InChI is InChI=1S/C57H37N5O.Pt/c1-57(2)46-22-7-3-18-40(46)45-35-58-56(34-47(45)57)62-50-25-10-6-21-43(50)44-31-30-39(33-55(44)62)63-38-17-15-16-37(32-38)59-36-60(52-27-12-11-26-51(52)59)53-28-13-14-29-54(53)61-48-23-8-4-19-41(48)42-20-5-9-24-49(42)61;/h3-31,34-35H,1-2H3;/q-2;. The monoisotopic (exact) mass is 1000 g/mol. The van der Waals surface area contributed by atoms with E-state index in [1.165, 1.54) is 33.0 Å². The first kappa shape index (κ1) is 38.2. The fraction of sp³-hybridized carbons (Fsp3) is 0.0526. The number of fused-ring (bicyclic) bond motifs is 10. The second-order valence-electron chi connectivity index (χ2n) is 16.8. The molecule has 1 aliphatic carbocycles. The van der Waals surface area contributed by atoms with Crippen molar-refractivity contribution in [2.24, 2.45) is 0 Å². The van der Waals surface area contributed by atoms with Crippen molar-refractivity contribution in [1.82, 2.24) is 18.7 Å². The molecule has 0 N–H and O–H groups in total. The molecular formula is C57H37N5OPt-2. The van der Waals surface area contributed by atoms with Gasteiger partial charge in [0.15, 0.2) is 0 Å². The first-order chi connectivity index (χ1) is 31.0. The van der Waals surface area contributed by atoms with Gasteiger partial charge in [0.1, 0.15) is 5.82 Å². The van der Waals surface area contributed by atoms with Crippen molar-refractivity contribution >= 4 is 54.6 Å². The quantitative estimate of drug-likeness (QED) is 0.123. The van der Waals surface area contributed by atoms with E-state index in [0.29, 0.717) is 11.5 Å². The van der Waals surface area contributed by atoms with Crippen LogP contribution in [-0.2, 0) is 26.5 Å². The van der Waals surface area contributed by atoms with Gasteiger partial charge in [0.05, 0.1) is 33.4 Å². The van der Waals surface area contributed by atoms with Crippen LogP contribution in [0.4, 0.5) is 0 Å². The van der Waals surface area contributed by atoms with Crippen LogP contribution < -0.4 is 9.30 Å². The van der Waals surface area contributed by atoms with E-state index in [9.17, 15) is 0 Å². The van der Waals surface area contributed by atoms with Crippen molar-refractivity contribution < 1.29 is 30.4 Å². The molecule has 0 atom stereocenters. The smallest absolute Gasteiger partial charge is 0.268 e. The number of benzene rings is 8. The molecule has 1 aliphatic rings. The van der Waals surface area contributed by atoms with E-state index < -0.39 is 0 Å². The molecule has 308 valence electrons. The number of hydrogen-bond donors (Lipinski definition) is 0. The Balaban J connectivity index is 0.00000433. The zero-order valence-electron chi connectivity index (χ0n) is 34.9. The summed E-state index contributed by atoms with van der Waals surface area (Å²) in [5.74, 6) is 2.01. The van der Waals surface area contributed by atoms with E-state index in [1.807, 2.05) is 30.5 Å². The topological polar surface area (TPSA) is 40.8 Å². The Morgan fingerprint density at radius 2 is 1.16 bits per heavy atom. The van der Waals surface area contributed by atoms with Crippen LogP contribution in [0.15, 0.2) is 188 Å². The zero-order chi connectivity index (χ0) is 41.8. The Kier molecular flexibility index (Phi) is 8.66. The van der Waals surface area contributed by atoms with Gasteiger partial charge < -0.3 is 18.4 Å². The second-order valence-corrected chi connectivity index (χ2v) is 16.8. The molecule has 0 radical (unpaired) electrons. The normalized spacial score (nSPS) is 12.8. The van der Waals surface area contributed by atoms with Gasteiger partial charge in [-0.2, -0.15) is 18.2 Å². The average Bonchev–Trinajstić information content (AvgIpc) is 4.04. The predicted molar refractivity (Wildman–Crippen MR) is 252 cm³/mol. The van der Waals surface area contributed by atoms with Crippen LogP contribution in [0.1, 0.15) is 25.0 Å². The van der Waals surface area contributed by atoms with E-state index in [1.54, 1.807) is 0 Å². The minimum Gasteiger partial charge on any atom is -0.510 e. The van der Waals surface area contributed by atoms with Crippen molar-refractivity contribution in [3.63, 3.8) is 0 Å². The van der Waals surface area contributed by atoms with Crippen molar-refractivity contribution in [3.8, 4) is 45.5 Å². The molecule has 0 spiro atoms. The first-order valence-corrected chi connectivity index (χ1v) is 21.3. The maximum Gasteiger partial charge on any atom is 0.268 e. The predicted octanol–water partition coefficient (Wildman–Crippen LogP) is 13.0. The van der Waals surface area contributed by atoms with Gasteiger partial charge in [-0.05, 0) is 64.2 Å². The Morgan fingerprint density at radius 1 is 0.531 bits per heavy atom. The van der Waals surface area contributed by atoms with Crippen LogP contribution in [0.2, 0.25) is 0 Å². The van der Waals surface area contributed by atoms with E-state index >= 15 is 0 Å². The maximum atomic E-state index is 6.66. The summed E-state index contributed by atoms with van der Waals surface area (Å²) in [4.78, 5) is 5.10. The van der Waals surface area contributed by atoms with E-state index in [0.717, 1.165) is 66.8 Å². The van der Waals surface area contributed by atoms with Crippen LogP contribution in [-0.4, -0.2) is 18.7 Å². The molecule has 64 heavy (non-hydrogen) atoms. The molecular weight excluding hydrogens is 966 g/mol. The number of hydrogen-bond acceptors (Lipinski definition) is 2. The molecule has 0 saturated heterocycles. The molecule has 4 heterocycles. The van der Waals surface area contributed by atoms with Crippen molar-refractivity contribution in [2.45, 2.75) is 19.3 Å². The van der Waals surface area contributed by atoms with E-state index in [2.05, 4.69) is 208 Å². The Labute approximate surface area is 384 Å². The van der Waals surface area contributed by atoms with Crippen LogP contribution in [0.25, 0.3) is 88.7 Å². The molecule has 13 rings (SSSR count). The van der Waals surface area contributed by atoms with Gasteiger partial charge in [-0.25, -0.2) is 4.98 Å². The van der Waals surface area contributed by atoms with Gasteiger partial charge in [0.25, 0.3) is 6.33 Å². The third-order valence-corrected chi connectivity index (χ3v) is 13.0. The summed E-state index contributed by atoms with van der Waals surface area (Å²) in [6.45, 7) is 4.60. The zero-order valence-corrected chi connectivity index (χ0v) is 37.1. The number of rotatable bonds is 6. The van der Waals surface area contributed by atoms with Crippen molar-refractivity contribution in [2.75, 3.05) is 0 Å². The van der Waals surface area contributed by atoms with Gasteiger partial charge in [0, 0.05) is 66.0 Å². The number of pyridine rings is 1.